The average molecular weight is 422 g/mol. The summed E-state index contributed by atoms with van der Waals surface area (Å²) < 4.78 is 6.32. The maximum atomic E-state index is 11.6. The predicted molar refractivity (Wildman–Crippen MR) is 94.4 cm³/mol. The van der Waals surface area contributed by atoms with Crippen LogP contribution in [-0.2, 0) is 4.79 Å². The fourth-order valence-electron chi connectivity index (χ4n) is 1.48. The first-order valence-corrected chi connectivity index (χ1v) is 8.48. The van der Waals surface area contributed by atoms with Crippen LogP contribution < -0.4 is 10.2 Å². The number of hydrazone groups is 1. The lowest BCUT2D eigenvalue weighted by Gasteiger charge is -2.06. The number of hydrogen-bond donors (Lipinski definition) is 1. The second kappa shape index (κ2) is 7.97. The average Bonchev–Trinajstić information content (AvgIpc) is 2.76. The van der Waals surface area contributed by atoms with Gasteiger partial charge in [0, 0.05) is 19.2 Å². The Kier molecular flexibility index (Phi) is 6.26. The Bertz CT molecular complexity index is 699. The van der Waals surface area contributed by atoms with Gasteiger partial charge in [-0.3, -0.25) is 4.79 Å². The molecule has 0 bridgehead atoms. The molecule has 1 aromatic heterocycles. The van der Waals surface area contributed by atoms with Gasteiger partial charge in [0.1, 0.15) is 5.75 Å². The third-order valence-corrected chi connectivity index (χ3v) is 5.11. The highest BCUT2D eigenvalue weighted by Crippen LogP contribution is 2.27. The van der Waals surface area contributed by atoms with Crippen molar-refractivity contribution in [3.05, 3.63) is 48.5 Å². The van der Waals surface area contributed by atoms with Gasteiger partial charge in [0.05, 0.1) is 11.2 Å². The molecule has 0 atom stereocenters. The minimum atomic E-state index is -0.380. The topological polar surface area (TPSA) is 50.7 Å². The fraction of sp³-hybridized carbons (Fsp3) is 0.143. The van der Waals surface area contributed by atoms with Crippen molar-refractivity contribution in [1.82, 2.24) is 5.43 Å². The molecule has 2 rings (SSSR count). The summed E-state index contributed by atoms with van der Waals surface area (Å²) in [5, 5.41) is 4.73. The van der Waals surface area contributed by atoms with Gasteiger partial charge in [-0.05, 0) is 47.1 Å². The number of nitrogens with one attached hydrogen (secondary N) is 1. The van der Waals surface area contributed by atoms with Gasteiger partial charge in [0.2, 0.25) is 0 Å². The second-order valence-corrected chi connectivity index (χ2v) is 7.20. The largest absolute Gasteiger partial charge is 0.482 e. The number of carbonyl (C=O) groups excluding carboxylic acids is 1. The number of halogens is 3. The minimum absolute atomic E-state index is 0.189. The van der Waals surface area contributed by atoms with Crippen molar-refractivity contribution in [3.63, 3.8) is 0 Å². The highest BCUT2D eigenvalue weighted by Gasteiger charge is 2.06. The van der Waals surface area contributed by atoms with Crippen LogP contribution in [0.5, 0.6) is 5.75 Å². The molecule has 0 saturated carbocycles. The first-order valence-electron chi connectivity index (χ1n) is 6.11. The van der Waals surface area contributed by atoms with E-state index in [0.29, 0.717) is 15.8 Å². The molecule has 4 nitrogen and oxygen atoms in total. The molecule has 116 valence electrons. The maximum Gasteiger partial charge on any atom is 0.277 e. The first-order chi connectivity index (χ1) is 10.5. The molecule has 1 aromatic carbocycles. The number of ether oxygens (including phenoxy) is 1. The lowest BCUT2D eigenvalue weighted by atomic mass is 10.3. The Hall–Kier alpha value is -1.08. The number of hydrogen-bond acceptors (Lipinski definition) is 4. The summed E-state index contributed by atoms with van der Waals surface area (Å²) in [5.74, 6) is 0.0117. The molecule has 0 spiro atoms. The Balaban J connectivity index is 1.83. The molecule has 0 aliphatic heterocycles. The van der Waals surface area contributed by atoms with Gasteiger partial charge in [-0.2, -0.15) is 5.10 Å². The molecule has 8 heteroatoms. The molecule has 0 saturated heterocycles. The fourth-order valence-corrected chi connectivity index (χ4v) is 3.38. The molecule has 0 fully saturated rings. The normalized spacial score (nSPS) is 10.9. The minimum Gasteiger partial charge on any atom is -0.482 e. The zero-order valence-corrected chi connectivity index (χ0v) is 15.3. The summed E-state index contributed by atoms with van der Waals surface area (Å²) >= 11 is 16.7. The van der Waals surface area contributed by atoms with E-state index in [0.717, 1.165) is 14.2 Å². The van der Waals surface area contributed by atoms with E-state index in [2.05, 4.69) is 26.5 Å². The Morgan fingerprint density at radius 2 is 2.23 bits per heavy atom. The Morgan fingerprint density at radius 3 is 2.86 bits per heavy atom. The van der Waals surface area contributed by atoms with E-state index < -0.39 is 0 Å². The number of aryl methyl sites for hydroxylation is 1. The smallest absolute Gasteiger partial charge is 0.277 e. The number of benzene rings is 1. The Morgan fingerprint density at radius 1 is 1.45 bits per heavy atom. The van der Waals surface area contributed by atoms with E-state index in [4.69, 9.17) is 27.9 Å². The van der Waals surface area contributed by atoms with Gasteiger partial charge in [-0.1, -0.05) is 23.2 Å². The van der Waals surface area contributed by atoms with Gasteiger partial charge in [-0.25, -0.2) is 5.43 Å². The van der Waals surface area contributed by atoms with Crippen molar-refractivity contribution in [3.8, 4) is 5.75 Å². The van der Waals surface area contributed by atoms with Gasteiger partial charge >= 0.3 is 0 Å². The summed E-state index contributed by atoms with van der Waals surface area (Å²) in [7, 11) is 0. The summed E-state index contributed by atoms with van der Waals surface area (Å²) in [6, 6.07) is 6.72. The van der Waals surface area contributed by atoms with Crippen molar-refractivity contribution in [2.75, 3.05) is 6.61 Å². The van der Waals surface area contributed by atoms with E-state index in [1.54, 1.807) is 35.8 Å². The van der Waals surface area contributed by atoms with Crippen molar-refractivity contribution in [1.29, 1.82) is 0 Å². The molecule has 0 unspecified atom stereocenters. The van der Waals surface area contributed by atoms with Gasteiger partial charge in [0.15, 0.2) is 6.61 Å². The van der Waals surface area contributed by atoms with E-state index >= 15 is 0 Å². The molecule has 0 radical (unpaired) electrons. The lowest BCUT2D eigenvalue weighted by molar-refractivity contribution is -0.123. The second-order valence-electron chi connectivity index (χ2n) is 4.21. The van der Waals surface area contributed by atoms with E-state index in [-0.39, 0.29) is 12.5 Å². The molecular weight excluding hydrogens is 411 g/mol. The standard InChI is InChI=1S/C14H11BrCl2N2O2S/c1-8-11(15)5-10(22-8)6-18-19-14(20)7-21-13-3-2-9(16)4-12(13)17/h2-6H,7H2,1H3,(H,19,20)/b18-6-. The summed E-state index contributed by atoms with van der Waals surface area (Å²) in [6.07, 6.45) is 1.58. The molecule has 2 aromatic rings. The van der Waals surface area contributed by atoms with Crippen LogP contribution in [0.4, 0.5) is 0 Å². The van der Waals surface area contributed by atoms with Crippen molar-refractivity contribution in [2.45, 2.75) is 6.92 Å². The van der Waals surface area contributed by atoms with Crippen molar-refractivity contribution < 1.29 is 9.53 Å². The van der Waals surface area contributed by atoms with Crippen LogP contribution in [0.1, 0.15) is 9.75 Å². The van der Waals surface area contributed by atoms with Crippen LogP contribution in [0, 0.1) is 6.92 Å². The first kappa shape index (κ1) is 17.3. The number of thiophene rings is 1. The molecule has 0 aliphatic rings. The SMILES string of the molecule is Cc1sc(/C=N\NC(=O)COc2ccc(Cl)cc2Cl)cc1Br. The monoisotopic (exact) mass is 420 g/mol. The molecule has 0 aliphatic carbocycles. The zero-order valence-electron chi connectivity index (χ0n) is 11.4. The third kappa shape index (κ3) is 4.98. The lowest BCUT2D eigenvalue weighted by Crippen LogP contribution is -2.24. The van der Waals surface area contributed by atoms with E-state index in [1.807, 2.05) is 13.0 Å². The summed E-state index contributed by atoms with van der Waals surface area (Å²) in [6.45, 7) is 1.81. The third-order valence-electron chi connectivity index (χ3n) is 2.51. The van der Waals surface area contributed by atoms with E-state index in [9.17, 15) is 4.79 Å². The van der Waals surface area contributed by atoms with Crippen LogP contribution in [0.2, 0.25) is 10.0 Å². The predicted octanol–water partition coefficient (Wildman–Crippen LogP) is 4.65. The summed E-state index contributed by atoms with van der Waals surface area (Å²) in [5.41, 5.74) is 2.39. The van der Waals surface area contributed by atoms with Gasteiger partial charge < -0.3 is 4.74 Å². The van der Waals surface area contributed by atoms with Crippen LogP contribution >= 0.6 is 50.5 Å². The van der Waals surface area contributed by atoms with Crippen LogP contribution in [-0.4, -0.2) is 18.7 Å². The molecular formula is C14H11BrCl2N2O2S. The van der Waals surface area contributed by atoms with Gasteiger partial charge in [0.25, 0.3) is 5.91 Å². The number of amides is 1. The molecule has 1 N–H and O–H groups in total. The zero-order chi connectivity index (χ0) is 16.1. The quantitative estimate of drug-likeness (QED) is 0.564. The molecule has 1 heterocycles. The van der Waals surface area contributed by atoms with E-state index in [1.165, 1.54) is 0 Å². The molecule has 1 amide bonds. The number of nitrogens with zero attached hydrogens (tertiary/aromatic N) is 1. The van der Waals surface area contributed by atoms with Crippen molar-refractivity contribution >= 4 is 62.6 Å². The highest BCUT2D eigenvalue weighted by atomic mass is 79.9. The molecule has 22 heavy (non-hydrogen) atoms. The highest BCUT2D eigenvalue weighted by molar-refractivity contribution is 9.10. The van der Waals surface area contributed by atoms with Crippen LogP contribution in [0.25, 0.3) is 0 Å². The Labute approximate surface area is 150 Å². The van der Waals surface area contributed by atoms with Crippen LogP contribution in [0.15, 0.2) is 33.8 Å². The van der Waals surface area contributed by atoms with Crippen molar-refractivity contribution in [2.24, 2.45) is 5.10 Å². The maximum absolute atomic E-state index is 11.6. The number of rotatable bonds is 5. The van der Waals surface area contributed by atoms with Crippen LogP contribution in [0.3, 0.4) is 0 Å². The summed E-state index contributed by atoms with van der Waals surface area (Å²) in [4.78, 5) is 13.7. The van der Waals surface area contributed by atoms with Gasteiger partial charge in [-0.15, -0.1) is 11.3 Å². The number of carbonyl (C=O) groups is 1.